The number of furan rings is 1. The van der Waals surface area contributed by atoms with Crippen molar-refractivity contribution in [1.82, 2.24) is 10.2 Å². The SMILES string of the molecule is CC(C)C(=O)N1CCN(c2ccc(NC(=S)NC(=O)c3ccc(-c4cc(Cl)ccc4Cl)o3)cc2Cl)CC1. The number of carbonyl (C=O) groups is 2. The lowest BCUT2D eigenvalue weighted by atomic mass is 10.1. The van der Waals surface area contributed by atoms with Gasteiger partial charge in [-0.05, 0) is 60.7 Å². The maximum Gasteiger partial charge on any atom is 0.293 e. The van der Waals surface area contributed by atoms with Crippen molar-refractivity contribution in [1.29, 1.82) is 0 Å². The zero-order valence-electron chi connectivity index (χ0n) is 20.2. The molecule has 1 aliphatic heterocycles. The van der Waals surface area contributed by atoms with Crippen molar-refractivity contribution < 1.29 is 14.0 Å². The van der Waals surface area contributed by atoms with Gasteiger partial charge in [-0.15, -0.1) is 0 Å². The number of amides is 2. The van der Waals surface area contributed by atoms with E-state index in [0.717, 1.165) is 5.69 Å². The first-order chi connectivity index (χ1) is 17.6. The molecule has 2 heterocycles. The van der Waals surface area contributed by atoms with Crippen LogP contribution < -0.4 is 15.5 Å². The van der Waals surface area contributed by atoms with Gasteiger partial charge in [-0.3, -0.25) is 14.9 Å². The van der Waals surface area contributed by atoms with Gasteiger partial charge in [0.25, 0.3) is 5.91 Å². The Bertz CT molecular complexity index is 1340. The normalized spacial score (nSPS) is 13.6. The molecule has 11 heteroatoms. The molecular formula is C26H25Cl3N4O3S. The van der Waals surface area contributed by atoms with E-state index in [2.05, 4.69) is 15.5 Å². The summed E-state index contributed by atoms with van der Waals surface area (Å²) in [5, 5.41) is 7.14. The Morgan fingerprint density at radius 2 is 1.68 bits per heavy atom. The Morgan fingerprint density at radius 1 is 0.946 bits per heavy atom. The third kappa shape index (κ3) is 6.57. The average molecular weight is 580 g/mol. The number of nitrogens with zero attached hydrogens (tertiary/aromatic N) is 2. The Morgan fingerprint density at radius 3 is 2.35 bits per heavy atom. The van der Waals surface area contributed by atoms with Crippen molar-refractivity contribution in [2.45, 2.75) is 13.8 Å². The lowest BCUT2D eigenvalue weighted by Crippen LogP contribution is -2.50. The lowest BCUT2D eigenvalue weighted by molar-refractivity contribution is -0.134. The van der Waals surface area contributed by atoms with Crippen LogP contribution in [0.15, 0.2) is 52.9 Å². The van der Waals surface area contributed by atoms with Gasteiger partial charge >= 0.3 is 0 Å². The van der Waals surface area contributed by atoms with Crippen molar-refractivity contribution in [2.24, 2.45) is 5.92 Å². The summed E-state index contributed by atoms with van der Waals surface area (Å²) in [6.07, 6.45) is 0. The largest absolute Gasteiger partial charge is 0.451 e. The number of anilines is 2. The summed E-state index contributed by atoms with van der Waals surface area (Å²) in [6, 6.07) is 13.6. The zero-order chi connectivity index (χ0) is 26.7. The van der Waals surface area contributed by atoms with Gasteiger partial charge in [0.05, 0.1) is 15.7 Å². The number of nitrogens with one attached hydrogen (secondary N) is 2. The van der Waals surface area contributed by atoms with Crippen LogP contribution in [0.3, 0.4) is 0 Å². The van der Waals surface area contributed by atoms with Gasteiger partial charge in [0.1, 0.15) is 5.76 Å². The summed E-state index contributed by atoms with van der Waals surface area (Å²) < 4.78 is 5.66. The molecule has 1 saturated heterocycles. The summed E-state index contributed by atoms with van der Waals surface area (Å²) in [4.78, 5) is 28.9. The topological polar surface area (TPSA) is 77.8 Å². The van der Waals surface area contributed by atoms with E-state index in [4.69, 9.17) is 51.4 Å². The van der Waals surface area contributed by atoms with Gasteiger partial charge < -0.3 is 19.5 Å². The molecule has 1 fully saturated rings. The molecule has 0 aliphatic carbocycles. The Labute approximate surface area is 235 Å². The summed E-state index contributed by atoms with van der Waals surface area (Å²) in [5.74, 6) is 0.117. The van der Waals surface area contributed by atoms with Crippen LogP contribution in [0, 0.1) is 5.92 Å². The van der Waals surface area contributed by atoms with Crippen molar-refractivity contribution in [3.8, 4) is 11.3 Å². The van der Waals surface area contributed by atoms with Crippen LogP contribution in [0.1, 0.15) is 24.4 Å². The quantitative estimate of drug-likeness (QED) is 0.344. The first-order valence-electron chi connectivity index (χ1n) is 11.6. The lowest BCUT2D eigenvalue weighted by Gasteiger charge is -2.37. The van der Waals surface area contributed by atoms with Crippen LogP contribution in [0.5, 0.6) is 0 Å². The molecule has 0 saturated carbocycles. The predicted molar refractivity (Wildman–Crippen MR) is 153 cm³/mol. The Balaban J connectivity index is 1.34. The van der Waals surface area contributed by atoms with Gasteiger partial charge in [0, 0.05) is 48.4 Å². The fourth-order valence-corrected chi connectivity index (χ4v) is 4.89. The monoisotopic (exact) mass is 578 g/mol. The minimum Gasteiger partial charge on any atom is -0.451 e. The van der Waals surface area contributed by atoms with Crippen molar-refractivity contribution >= 4 is 75.3 Å². The number of piperazine rings is 1. The number of carbonyl (C=O) groups excluding carboxylic acids is 2. The van der Waals surface area contributed by atoms with Crippen molar-refractivity contribution in [3.05, 3.63) is 69.4 Å². The third-order valence-corrected chi connectivity index (χ3v) is 6.95. The van der Waals surface area contributed by atoms with Crippen LogP contribution in [0.25, 0.3) is 11.3 Å². The average Bonchev–Trinajstić information content (AvgIpc) is 3.35. The highest BCUT2D eigenvalue weighted by Gasteiger charge is 2.24. The van der Waals surface area contributed by atoms with E-state index < -0.39 is 5.91 Å². The summed E-state index contributed by atoms with van der Waals surface area (Å²) >= 11 is 24.1. The molecule has 0 bridgehead atoms. The minimum absolute atomic E-state index is 0.0129. The van der Waals surface area contributed by atoms with E-state index in [0.29, 0.717) is 58.3 Å². The molecule has 2 aromatic carbocycles. The van der Waals surface area contributed by atoms with Gasteiger partial charge in [-0.1, -0.05) is 48.7 Å². The van der Waals surface area contributed by atoms with Gasteiger partial charge in [0.15, 0.2) is 10.9 Å². The molecule has 0 spiro atoms. The molecule has 2 N–H and O–H groups in total. The molecular weight excluding hydrogens is 555 g/mol. The molecule has 1 aromatic heterocycles. The second kappa shape index (κ2) is 11.7. The first kappa shape index (κ1) is 27.3. The third-order valence-electron chi connectivity index (χ3n) is 5.88. The standard InChI is InChI=1S/C26H25Cl3N4O3S/c1-15(2)25(35)33-11-9-32(10-12-33)21-6-4-17(14-20(21)29)30-26(37)31-24(34)23-8-7-22(36-23)18-13-16(27)3-5-19(18)28/h3-8,13-15H,9-12H2,1-2H3,(H2,30,31,34,37). The zero-order valence-corrected chi connectivity index (χ0v) is 23.3. The maximum atomic E-state index is 12.6. The van der Waals surface area contributed by atoms with E-state index in [9.17, 15) is 9.59 Å². The Kier molecular flexibility index (Phi) is 8.64. The molecule has 0 unspecified atom stereocenters. The van der Waals surface area contributed by atoms with Crippen molar-refractivity contribution in [2.75, 3.05) is 36.4 Å². The smallest absolute Gasteiger partial charge is 0.293 e. The number of halogens is 3. The van der Waals surface area contributed by atoms with Gasteiger partial charge in [0.2, 0.25) is 5.91 Å². The van der Waals surface area contributed by atoms with E-state index in [1.165, 1.54) is 6.07 Å². The number of hydrogen-bond acceptors (Lipinski definition) is 5. The molecule has 37 heavy (non-hydrogen) atoms. The van der Waals surface area contributed by atoms with Crippen LogP contribution in [0.4, 0.5) is 11.4 Å². The molecule has 0 atom stereocenters. The molecule has 0 radical (unpaired) electrons. The van der Waals surface area contributed by atoms with E-state index in [1.807, 2.05) is 30.9 Å². The highest BCUT2D eigenvalue weighted by Crippen LogP contribution is 2.32. The second-order valence-corrected chi connectivity index (χ2v) is 10.5. The molecule has 7 nitrogen and oxygen atoms in total. The van der Waals surface area contributed by atoms with Crippen LogP contribution in [0.2, 0.25) is 15.1 Å². The van der Waals surface area contributed by atoms with E-state index in [1.54, 1.807) is 30.3 Å². The van der Waals surface area contributed by atoms with Crippen LogP contribution in [-0.4, -0.2) is 48.0 Å². The molecule has 194 valence electrons. The highest BCUT2D eigenvalue weighted by atomic mass is 35.5. The molecule has 2 amide bonds. The minimum atomic E-state index is -0.515. The summed E-state index contributed by atoms with van der Waals surface area (Å²) in [5.41, 5.74) is 2.08. The van der Waals surface area contributed by atoms with Gasteiger partial charge in [-0.25, -0.2) is 0 Å². The number of rotatable bonds is 5. The van der Waals surface area contributed by atoms with E-state index >= 15 is 0 Å². The first-order valence-corrected chi connectivity index (χ1v) is 13.2. The summed E-state index contributed by atoms with van der Waals surface area (Å²) in [6.45, 7) is 6.53. The molecule has 3 aromatic rings. The number of benzene rings is 2. The molecule has 1 aliphatic rings. The van der Waals surface area contributed by atoms with Crippen LogP contribution >= 0.6 is 47.0 Å². The van der Waals surface area contributed by atoms with Crippen LogP contribution in [-0.2, 0) is 4.79 Å². The number of hydrogen-bond donors (Lipinski definition) is 2. The predicted octanol–water partition coefficient (Wildman–Crippen LogP) is 6.34. The number of thiocarbonyl (C=S) groups is 1. The second-order valence-electron chi connectivity index (χ2n) is 8.83. The maximum absolute atomic E-state index is 12.6. The fourth-order valence-electron chi connectivity index (χ4n) is 3.99. The Hall–Kier alpha value is -2.78. The highest BCUT2D eigenvalue weighted by molar-refractivity contribution is 7.80. The molecule has 4 rings (SSSR count). The summed E-state index contributed by atoms with van der Waals surface area (Å²) in [7, 11) is 0. The fraction of sp³-hybridized carbons (Fsp3) is 0.269. The van der Waals surface area contributed by atoms with E-state index in [-0.39, 0.29) is 22.7 Å². The van der Waals surface area contributed by atoms with Crippen molar-refractivity contribution in [3.63, 3.8) is 0 Å². The van der Waals surface area contributed by atoms with Gasteiger partial charge in [-0.2, -0.15) is 0 Å².